The second-order valence-corrected chi connectivity index (χ2v) is 6.18. The van der Waals surface area contributed by atoms with Crippen molar-refractivity contribution >= 4 is 11.4 Å². The van der Waals surface area contributed by atoms with Gasteiger partial charge < -0.3 is 20.9 Å². The maximum Gasteiger partial charge on any atom is 0.134 e. The van der Waals surface area contributed by atoms with E-state index in [4.69, 9.17) is 20.9 Å². The standard InChI is InChI=1S/C22H24N2O2/c1-2-3-5-20-21(25-18-12-8-16(23)9-13-18)6-4-7-22(20)26-19-14-10-17(24)11-15-19/h4,6-15H,2-3,5,23-24H2,1H3. The molecule has 3 aromatic rings. The monoisotopic (exact) mass is 348 g/mol. The molecule has 0 heterocycles. The van der Waals surface area contributed by atoms with Gasteiger partial charge in [0.15, 0.2) is 0 Å². The molecule has 4 heteroatoms. The highest BCUT2D eigenvalue weighted by Gasteiger charge is 2.12. The topological polar surface area (TPSA) is 70.5 Å². The number of ether oxygens (including phenoxy) is 2. The zero-order chi connectivity index (χ0) is 18.4. The molecule has 0 saturated carbocycles. The van der Waals surface area contributed by atoms with Gasteiger partial charge in [-0.05, 0) is 73.5 Å². The Morgan fingerprint density at radius 3 is 1.58 bits per heavy atom. The fourth-order valence-electron chi connectivity index (χ4n) is 2.66. The van der Waals surface area contributed by atoms with E-state index >= 15 is 0 Å². The maximum absolute atomic E-state index is 6.10. The van der Waals surface area contributed by atoms with Crippen LogP contribution in [0, 0.1) is 0 Å². The smallest absolute Gasteiger partial charge is 0.134 e. The van der Waals surface area contributed by atoms with Crippen molar-refractivity contribution in [1.29, 1.82) is 0 Å². The van der Waals surface area contributed by atoms with Gasteiger partial charge >= 0.3 is 0 Å². The molecular formula is C22H24N2O2. The number of anilines is 2. The summed E-state index contributed by atoms with van der Waals surface area (Å²) in [6.45, 7) is 2.17. The molecule has 3 aromatic carbocycles. The Bertz CT molecular complexity index is 777. The van der Waals surface area contributed by atoms with Crippen molar-refractivity contribution in [2.75, 3.05) is 11.5 Å². The van der Waals surface area contributed by atoms with Crippen molar-refractivity contribution in [3.8, 4) is 23.0 Å². The van der Waals surface area contributed by atoms with Crippen LogP contribution in [0.5, 0.6) is 23.0 Å². The molecule has 3 rings (SSSR count). The molecule has 4 N–H and O–H groups in total. The number of unbranched alkanes of at least 4 members (excludes halogenated alkanes) is 1. The summed E-state index contributed by atoms with van der Waals surface area (Å²) in [7, 11) is 0. The van der Waals surface area contributed by atoms with Gasteiger partial charge in [0.2, 0.25) is 0 Å². The third-order valence-corrected chi connectivity index (χ3v) is 4.09. The Labute approximate surface area is 154 Å². The van der Waals surface area contributed by atoms with E-state index in [1.54, 1.807) is 0 Å². The first-order valence-corrected chi connectivity index (χ1v) is 8.84. The van der Waals surface area contributed by atoms with E-state index in [0.29, 0.717) is 11.4 Å². The van der Waals surface area contributed by atoms with Gasteiger partial charge in [0, 0.05) is 16.9 Å². The predicted molar refractivity (Wildman–Crippen MR) is 107 cm³/mol. The Morgan fingerprint density at radius 2 is 1.15 bits per heavy atom. The minimum atomic E-state index is 0.712. The minimum absolute atomic E-state index is 0.712. The minimum Gasteiger partial charge on any atom is -0.457 e. The van der Waals surface area contributed by atoms with Gasteiger partial charge in [0.25, 0.3) is 0 Å². The fraction of sp³-hybridized carbons (Fsp3) is 0.182. The van der Waals surface area contributed by atoms with Gasteiger partial charge in [-0.3, -0.25) is 0 Å². The molecule has 0 aliphatic rings. The van der Waals surface area contributed by atoms with E-state index in [-0.39, 0.29) is 0 Å². The van der Waals surface area contributed by atoms with Gasteiger partial charge in [-0.1, -0.05) is 19.4 Å². The Kier molecular flexibility index (Phi) is 5.64. The molecule has 4 nitrogen and oxygen atoms in total. The highest BCUT2D eigenvalue weighted by molar-refractivity contribution is 5.50. The van der Waals surface area contributed by atoms with Gasteiger partial charge in [0.05, 0.1) is 0 Å². The zero-order valence-corrected chi connectivity index (χ0v) is 14.9. The summed E-state index contributed by atoms with van der Waals surface area (Å²) in [6, 6.07) is 20.7. The van der Waals surface area contributed by atoms with Crippen LogP contribution >= 0.6 is 0 Å². The third-order valence-electron chi connectivity index (χ3n) is 4.09. The quantitative estimate of drug-likeness (QED) is 0.531. The number of nitrogens with two attached hydrogens (primary N) is 2. The summed E-state index contributed by atoms with van der Waals surface area (Å²) in [6.07, 6.45) is 3.03. The average Bonchev–Trinajstić information content (AvgIpc) is 2.65. The Morgan fingerprint density at radius 1 is 0.692 bits per heavy atom. The second-order valence-electron chi connectivity index (χ2n) is 6.18. The largest absolute Gasteiger partial charge is 0.457 e. The lowest BCUT2D eigenvalue weighted by atomic mass is 10.1. The normalized spacial score (nSPS) is 10.5. The van der Waals surface area contributed by atoms with Crippen LogP contribution in [0.3, 0.4) is 0 Å². The Hall–Kier alpha value is -3.14. The highest BCUT2D eigenvalue weighted by Crippen LogP contribution is 2.36. The molecule has 0 atom stereocenters. The van der Waals surface area contributed by atoms with Gasteiger partial charge in [-0.15, -0.1) is 0 Å². The molecule has 0 aliphatic carbocycles. The molecule has 26 heavy (non-hydrogen) atoms. The van der Waals surface area contributed by atoms with Crippen LogP contribution in [-0.2, 0) is 6.42 Å². The lowest BCUT2D eigenvalue weighted by molar-refractivity contribution is 0.447. The number of hydrogen-bond donors (Lipinski definition) is 2. The van der Waals surface area contributed by atoms with Crippen LogP contribution in [0.4, 0.5) is 11.4 Å². The van der Waals surface area contributed by atoms with Crippen LogP contribution in [0.2, 0.25) is 0 Å². The summed E-state index contributed by atoms with van der Waals surface area (Å²) in [4.78, 5) is 0. The van der Waals surface area contributed by atoms with Crippen LogP contribution in [-0.4, -0.2) is 0 Å². The summed E-state index contributed by atoms with van der Waals surface area (Å²) in [5, 5.41) is 0. The molecule has 134 valence electrons. The molecule has 0 aliphatic heterocycles. The van der Waals surface area contributed by atoms with Crippen LogP contribution in [0.25, 0.3) is 0 Å². The second kappa shape index (κ2) is 8.30. The number of rotatable bonds is 7. The molecule has 0 amide bonds. The van der Waals surface area contributed by atoms with Crippen molar-refractivity contribution in [2.45, 2.75) is 26.2 Å². The van der Waals surface area contributed by atoms with Crippen molar-refractivity contribution in [2.24, 2.45) is 0 Å². The lowest BCUT2D eigenvalue weighted by Gasteiger charge is -2.16. The number of nitrogen functional groups attached to an aromatic ring is 2. The molecule has 0 spiro atoms. The first kappa shape index (κ1) is 17.7. The summed E-state index contributed by atoms with van der Waals surface area (Å²) < 4.78 is 12.2. The van der Waals surface area contributed by atoms with Crippen LogP contribution < -0.4 is 20.9 Å². The van der Waals surface area contributed by atoms with E-state index in [2.05, 4.69) is 6.92 Å². The average molecular weight is 348 g/mol. The summed E-state index contributed by atoms with van der Waals surface area (Å²) in [5.74, 6) is 3.11. The zero-order valence-electron chi connectivity index (χ0n) is 14.9. The molecule has 0 fully saturated rings. The molecule has 0 bridgehead atoms. The predicted octanol–water partition coefficient (Wildman–Crippen LogP) is 5.78. The van der Waals surface area contributed by atoms with E-state index in [1.807, 2.05) is 66.7 Å². The fourth-order valence-corrected chi connectivity index (χ4v) is 2.66. The molecule has 0 saturated heterocycles. The Balaban J connectivity index is 1.90. The van der Waals surface area contributed by atoms with Crippen molar-refractivity contribution in [3.05, 3.63) is 72.3 Å². The van der Waals surface area contributed by atoms with E-state index in [1.165, 1.54) is 0 Å². The van der Waals surface area contributed by atoms with E-state index < -0.39 is 0 Å². The van der Waals surface area contributed by atoms with Crippen molar-refractivity contribution in [3.63, 3.8) is 0 Å². The lowest BCUT2D eigenvalue weighted by Crippen LogP contribution is -1.97. The first-order chi connectivity index (χ1) is 12.7. The third kappa shape index (κ3) is 4.48. The van der Waals surface area contributed by atoms with Crippen molar-refractivity contribution in [1.82, 2.24) is 0 Å². The highest BCUT2D eigenvalue weighted by atomic mass is 16.5. The summed E-state index contributed by atoms with van der Waals surface area (Å²) >= 11 is 0. The number of benzene rings is 3. The number of hydrogen-bond acceptors (Lipinski definition) is 4. The summed E-state index contributed by atoms with van der Waals surface area (Å²) in [5.41, 5.74) is 14.0. The van der Waals surface area contributed by atoms with Gasteiger partial charge in [0.1, 0.15) is 23.0 Å². The van der Waals surface area contributed by atoms with Gasteiger partial charge in [-0.25, -0.2) is 0 Å². The molecule has 0 radical (unpaired) electrons. The molecule has 0 aromatic heterocycles. The van der Waals surface area contributed by atoms with Crippen molar-refractivity contribution < 1.29 is 9.47 Å². The van der Waals surface area contributed by atoms with Crippen LogP contribution in [0.15, 0.2) is 66.7 Å². The van der Waals surface area contributed by atoms with E-state index in [9.17, 15) is 0 Å². The van der Waals surface area contributed by atoms with Crippen LogP contribution in [0.1, 0.15) is 25.3 Å². The molecule has 0 unspecified atom stereocenters. The van der Waals surface area contributed by atoms with Gasteiger partial charge in [-0.2, -0.15) is 0 Å². The SMILES string of the molecule is CCCCc1c(Oc2ccc(N)cc2)cccc1Oc1ccc(N)cc1. The molecular weight excluding hydrogens is 324 g/mol. The first-order valence-electron chi connectivity index (χ1n) is 8.84. The maximum atomic E-state index is 6.10. The van der Waals surface area contributed by atoms with E-state index in [0.717, 1.165) is 47.8 Å².